The topological polar surface area (TPSA) is 56.5 Å². The van der Waals surface area contributed by atoms with Gasteiger partial charge in [-0.15, -0.1) is 0 Å². The van der Waals surface area contributed by atoms with Gasteiger partial charge in [0.25, 0.3) is 0 Å². The van der Waals surface area contributed by atoms with Crippen LogP contribution in [0.3, 0.4) is 0 Å². The maximum Gasteiger partial charge on any atom is 0.188 e. The van der Waals surface area contributed by atoms with Crippen LogP contribution in [-0.4, -0.2) is 13.9 Å². The SMILES string of the molecule is COCOc1c(Nc2ccccc2N)cc2ccccc2c1-c1c(C)ccc2ccccc12. The molecule has 0 bridgehead atoms. The Labute approximate surface area is 193 Å². The first kappa shape index (κ1) is 20.9. The smallest absolute Gasteiger partial charge is 0.188 e. The summed E-state index contributed by atoms with van der Waals surface area (Å²) in [5, 5.41) is 8.11. The second-order valence-electron chi connectivity index (χ2n) is 8.09. The summed E-state index contributed by atoms with van der Waals surface area (Å²) < 4.78 is 11.6. The Kier molecular flexibility index (Phi) is 5.59. The molecular weight excluding hydrogens is 408 g/mol. The zero-order chi connectivity index (χ0) is 22.8. The predicted molar refractivity (Wildman–Crippen MR) is 138 cm³/mol. The molecule has 0 aromatic heterocycles. The average Bonchev–Trinajstić information content (AvgIpc) is 2.84. The summed E-state index contributed by atoms with van der Waals surface area (Å²) in [5.74, 6) is 0.734. The zero-order valence-corrected chi connectivity index (χ0v) is 18.8. The Bertz CT molecular complexity index is 1460. The van der Waals surface area contributed by atoms with E-state index in [2.05, 4.69) is 79.0 Å². The zero-order valence-electron chi connectivity index (χ0n) is 18.8. The number of benzene rings is 5. The Morgan fingerprint density at radius 2 is 1.39 bits per heavy atom. The molecule has 0 amide bonds. The van der Waals surface area contributed by atoms with Crippen molar-refractivity contribution >= 4 is 38.6 Å². The third-order valence-corrected chi connectivity index (χ3v) is 5.94. The summed E-state index contributed by atoms with van der Waals surface area (Å²) in [6.07, 6.45) is 0. The lowest BCUT2D eigenvalue weighted by Gasteiger charge is -2.22. The van der Waals surface area contributed by atoms with Crippen molar-refractivity contribution in [3.8, 4) is 16.9 Å². The van der Waals surface area contributed by atoms with Crippen LogP contribution in [0.25, 0.3) is 32.7 Å². The number of aryl methyl sites for hydroxylation is 1. The molecule has 0 aliphatic carbocycles. The van der Waals surface area contributed by atoms with E-state index in [1.165, 1.54) is 16.3 Å². The molecule has 5 rings (SSSR count). The Balaban J connectivity index is 1.86. The van der Waals surface area contributed by atoms with Gasteiger partial charge in [0.05, 0.1) is 17.1 Å². The molecule has 0 fully saturated rings. The summed E-state index contributed by atoms with van der Waals surface area (Å²) in [5.41, 5.74) is 12.0. The number of rotatable bonds is 6. The molecule has 0 aliphatic heterocycles. The van der Waals surface area contributed by atoms with Crippen LogP contribution in [0.15, 0.2) is 91.0 Å². The van der Waals surface area contributed by atoms with Gasteiger partial charge in [0.2, 0.25) is 0 Å². The van der Waals surface area contributed by atoms with Crippen molar-refractivity contribution in [2.45, 2.75) is 6.92 Å². The van der Waals surface area contributed by atoms with Crippen molar-refractivity contribution in [2.75, 3.05) is 25.0 Å². The van der Waals surface area contributed by atoms with Crippen LogP contribution in [0.1, 0.15) is 5.56 Å². The number of hydrogen-bond acceptors (Lipinski definition) is 4. The van der Waals surface area contributed by atoms with E-state index >= 15 is 0 Å². The van der Waals surface area contributed by atoms with E-state index < -0.39 is 0 Å². The van der Waals surface area contributed by atoms with E-state index in [0.717, 1.165) is 39.0 Å². The van der Waals surface area contributed by atoms with Crippen molar-refractivity contribution in [2.24, 2.45) is 0 Å². The van der Waals surface area contributed by atoms with E-state index in [0.29, 0.717) is 5.69 Å². The lowest BCUT2D eigenvalue weighted by molar-refractivity contribution is 0.0521. The number of hydrogen-bond donors (Lipinski definition) is 2. The molecule has 0 spiro atoms. The van der Waals surface area contributed by atoms with Crippen molar-refractivity contribution < 1.29 is 9.47 Å². The monoisotopic (exact) mass is 434 g/mol. The molecule has 0 heterocycles. The van der Waals surface area contributed by atoms with Crippen molar-refractivity contribution in [1.82, 2.24) is 0 Å². The summed E-state index contributed by atoms with van der Waals surface area (Å²) in [4.78, 5) is 0. The number of nitrogens with one attached hydrogen (secondary N) is 1. The fourth-order valence-corrected chi connectivity index (χ4v) is 4.41. The molecule has 0 saturated heterocycles. The van der Waals surface area contributed by atoms with E-state index in [1.54, 1.807) is 7.11 Å². The van der Waals surface area contributed by atoms with Crippen LogP contribution in [0.2, 0.25) is 0 Å². The molecule has 0 saturated carbocycles. The van der Waals surface area contributed by atoms with Crippen molar-refractivity contribution in [3.63, 3.8) is 0 Å². The summed E-state index contributed by atoms with van der Waals surface area (Å²) in [6, 6.07) is 31.0. The van der Waals surface area contributed by atoms with Crippen LogP contribution < -0.4 is 15.8 Å². The van der Waals surface area contributed by atoms with Crippen LogP contribution in [0.4, 0.5) is 17.1 Å². The lowest BCUT2D eigenvalue weighted by atomic mass is 9.89. The Morgan fingerprint density at radius 1 is 0.727 bits per heavy atom. The molecule has 33 heavy (non-hydrogen) atoms. The first-order chi connectivity index (χ1) is 16.2. The predicted octanol–water partition coefficient (Wildman–Crippen LogP) is 7.28. The quantitative estimate of drug-likeness (QED) is 0.218. The van der Waals surface area contributed by atoms with Gasteiger partial charge in [0.1, 0.15) is 0 Å². The van der Waals surface area contributed by atoms with Gasteiger partial charge in [-0.2, -0.15) is 0 Å². The second-order valence-corrected chi connectivity index (χ2v) is 8.09. The van der Waals surface area contributed by atoms with Crippen LogP contribution in [-0.2, 0) is 4.74 Å². The number of methoxy groups -OCH3 is 1. The molecule has 4 nitrogen and oxygen atoms in total. The highest BCUT2D eigenvalue weighted by Crippen LogP contribution is 2.47. The number of nitrogens with two attached hydrogens (primary N) is 1. The highest BCUT2D eigenvalue weighted by Gasteiger charge is 2.20. The van der Waals surface area contributed by atoms with Crippen LogP contribution in [0, 0.1) is 6.92 Å². The second kappa shape index (κ2) is 8.85. The minimum absolute atomic E-state index is 0.133. The minimum Gasteiger partial charge on any atom is -0.465 e. The first-order valence-electron chi connectivity index (χ1n) is 10.9. The fraction of sp³-hybridized carbons (Fsp3) is 0.103. The molecule has 164 valence electrons. The van der Waals surface area contributed by atoms with E-state index in [1.807, 2.05) is 24.3 Å². The third kappa shape index (κ3) is 3.86. The average molecular weight is 435 g/mol. The van der Waals surface area contributed by atoms with Crippen LogP contribution in [0.5, 0.6) is 5.75 Å². The molecule has 5 aromatic carbocycles. The van der Waals surface area contributed by atoms with Crippen molar-refractivity contribution in [1.29, 1.82) is 0 Å². The van der Waals surface area contributed by atoms with Gasteiger partial charge in [-0.3, -0.25) is 0 Å². The first-order valence-corrected chi connectivity index (χ1v) is 10.9. The van der Waals surface area contributed by atoms with Gasteiger partial charge in [-0.25, -0.2) is 0 Å². The number of fused-ring (bicyclic) bond motifs is 2. The number of anilines is 3. The molecule has 5 aromatic rings. The van der Waals surface area contributed by atoms with Gasteiger partial charge in [0, 0.05) is 12.7 Å². The highest BCUT2D eigenvalue weighted by molar-refractivity contribution is 6.11. The summed E-state index contributed by atoms with van der Waals surface area (Å²) >= 11 is 0. The Hall–Kier alpha value is -4.02. The highest BCUT2D eigenvalue weighted by atomic mass is 16.7. The normalized spacial score (nSPS) is 11.1. The summed E-state index contributed by atoms with van der Waals surface area (Å²) in [6.45, 7) is 2.28. The molecule has 0 unspecified atom stereocenters. The fourth-order valence-electron chi connectivity index (χ4n) is 4.41. The number of para-hydroxylation sites is 2. The molecule has 3 N–H and O–H groups in total. The summed E-state index contributed by atoms with van der Waals surface area (Å²) in [7, 11) is 1.63. The van der Waals surface area contributed by atoms with Gasteiger partial charge >= 0.3 is 0 Å². The molecule has 4 heteroatoms. The maximum absolute atomic E-state index is 6.27. The van der Waals surface area contributed by atoms with Gasteiger partial charge < -0.3 is 20.5 Å². The van der Waals surface area contributed by atoms with Gasteiger partial charge in [0.15, 0.2) is 12.5 Å². The third-order valence-electron chi connectivity index (χ3n) is 5.94. The van der Waals surface area contributed by atoms with E-state index in [9.17, 15) is 0 Å². The van der Waals surface area contributed by atoms with Gasteiger partial charge in [-0.1, -0.05) is 72.8 Å². The molecular formula is C29H26N2O2. The Morgan fingerprint density at radius 3 is 2.15 bits per heavy atom. The maximum atomic E-state index is 6.27. The van der Waals surface area contributed by atoms with Gasteiger partial charge in [-0.05, 0) is 57.8 Å². The van der Waals surface area contributed by atoms with E-state index in [4.69, 9.17) is 15.2 Å². The standard InChI is InChI=1S/C29H26N2O2/c1-19-15-16-20-9-3-5-11-22(20)27(19)28-23-12-6-4-10-21(23)17-26(29(28)33-18-32-2)31-25-14-8-7-13-24(25)30/h3-17,31H,18,30H2,1-2H3. The number of nitrogen functional groups attached to an aromatic ring is 1. The minimum atomic E-state index is 0.133. The largest absolute Gasteiger partial charge is 0.465 e. The molecule has 0 radical (unpaired) electrons. The van der Waals surface area contributed by atoms with Crippen molar-refractivity contribution in [3.05, 3.63) is 96.6 Å². The number of ether oxygens (including phenoxy) is 2. The molecule has 0 aliphatic rings. The lowest BCUT2D eigenvalue weighted by Crippen LogP contribution is -2.05. The van der Waals surface area contributed by atoms with Crippen LogP contribution >= 0.6 is 0 Å². The molecule has 0 atom stereocenters. The van der Waals surface area contributed by atoms with E-state index in [-0.39, 0.29) is 6.79 Å².